The Morgan fingerprint density at radius 2 is 2.19 bits per heavy atom. The smallest absolute Gasteiger partial charge is 0.381 e. The molecule has 0 aliphatic carbocycles. The summed E-state index contributed by atoms with van der Waals surface area (Å²) in [5.41, 5.74) is 0. The molecule has 1 aromatic rings. The molecule has 0 bridgehead atoms. The van der Waals surface area contributed by atoms with E-state index in [-0.39, 0.29) is 18.3 Å². The highest BCUT2D eigenvalue weighted by molar-refractivity contribution is 5.83. The molecule has 21 heavy (non-hydrogen) atoms. The van der Waals surface area contributed by atoms with E-state index in [0.717, 1.165) is 6.20 Å². The average molecular weight is 298 g/mol. The van der Waals surface area contributed by atoms with Crippen LogP contribution in [0.1, 0.15) is 26.1 Å². The van der Waals surface area contributed by atoms with Crippen LogP contribution >= 0.6 is 0 Å². The van der Waals surface area contributed by atoms with Crippen LogP contribution in [-0.2, 0) is 16.1 Å². The van der Waals surface area contributed by atoms with Crippen molar-refractivity contribution >= 4 is 17.7 Å². The summed E-state index contributed by atoms with van der Waals surface area (Å²) >= 11 is 0. The molecule has 0 fully saturated rings. The van der Waals surface area contributed by atoms with Gasteiger partial charge in [0.1, 0.15) is 18.8 Å². The van der Waals surface area contributed by atoms with E-state index in [1.54, 1.807) is 6.92 Å². The predicted octanol–water partition coefficient (Wildman–Crippen LogP) is 0.715. The van der Waals surface area contributed by atoms with Crippen LogP contribution in [-0.4, -0.2) is 37.5 Å². The molecule has 9 nitrogen and oxygen atoms in total. The van der Waals surface area contributed by atoms with Crippen molar-refractivity contribution in [1.82, 2.24) is 14.9 Å². The largest absolute Gasteiger partial charge is 0.480 e. The van der Waals surface area contributed by atoms with Gasteiger partial charge in [-0.25, -0.2) is 4.79 Å². The monoisotopic (exact) mass is 298 g/mol. The zero-order valence-corrected chi connectivity index (χ0v) is 12.1. The van der Waals surface area contributed by atoms with Crippen LogP contribution in [0, 0.1) is 23.0 Å². The average Bonchev–Trinajstić information content (AvgIpc) is 2.76. The summed E-state index contributed by atoms with van der Waals surface area (Å²) in [6, 6.07) is -0.985. The number of aromatic nitrogens is 2. The zero-order valence-electron chi connectivity index (χ0n) is 12.1. The fourth-order valence-corrected chi connectivity index (χ4v) is 1.80. The van der Waals surface area contributed by atoms with E-state index >= 15 is 0 Å². The number of carbonyl (C=O) groups is 2. The van der Waals surface area contributed by atoms with Gasteiger partial charge in [-0.2, -0.15) is 0 Å². The zero-order chi connectivity index (χ0) is 16.2. The standard InChI is InChI=1S/C12H18N4O5/c1-4-7(2)11(12(18)19)14-10(17)6-15-5-9(16(20)21)13-8(15)3/h5,7,11H,4,6H2,1-3H3,(H,14,17)(H,18,19). The molecule has 0 saturated heterocycles. The maximum absolute atomic E-state index is 11.9. The number of carboxylic acid groups (broad SMARTS) is 1. The highest BCUT2D eigenvalue weighted by atomic mass is 16.6. The second-order valence-electron chi connectivity index (χ2n) is 4.80. The van der Waals surface area contributed by atoms with Crippen molar-refractivity contribution in [3.05, 3.63) is 22.1 Å². The van der Waals surface area contributed by atoms with Crippen LogP contribution in [0.4, 0.5) is 5.82 Å². The molecule has 0 aromatic carbocycles. The lowest BCUT2D eigenvalue weighted by Gasteiger charge is -2.20. The maximum atomic E-state index is 11.9. The van der Waals surface area contributed by atoms with Crippen molar-refractivity contribution in [3.8, 4) is 0 Å². The summed E-state index contributed by atoms with van der Waals surface area (Å²) in [6.07, 6.45) is 1.75. The Hall–Kier alpha value is -2.45. The topological polar surface area (TPSA) is 127 Å². The van der Waals surface area contributed by atoms with Crippen LogP contribution in [0.3, 0.4) is 0 Å². The molecular formula is C12H18N4O5. The van der Waals surface area contributed by atoms with E-state index < -0.39 is 22.8 Å². The number of rotatable bonds is 7. The first-order valence-corrected chi connectivity index (χ1v) is 6.46. The molecule has 0 aliphatic heterocycles. The van der Waals surface area contributed by atoms with Crippen LogP contribution in [0.15, 0.2) is 6.20 Å². The fourth-order valence-electron chi connectivity index (χ4n) is 1.80. The number of imidazole rings is 1. The van der Waals surface area contributed by atoms with Crippen LogP contribution in [0.2, 0.25) is 0 Å². The molecular weight excluding hydrogens is 280 g/mol. The van der Waals surface area contributed by atoms with Gasteiger partial charge in [-0.05, 0) is 15.8 Å². The Morgan fingerprint density at radius 1 is 1.57 bits per heavy atom. The van der Waals surface area contributed by atoms with Gasteiger partial charge < -0.3 is 20.5 Å². The third-order valence-corrected chi connectivity index (χ3v) is 3.26. The molecule has 116 valence electrons. The summed E-state index contributed by atoms with van der Waals surface area (Å²) in [5.74, 6) is -1.89. The summed E-state index contributed by atoms with van der Waals surface area (Å²) in [5, 5.41) is 22.1. The summed E-state index contributed by atoms with van der Waals surface area (Å²) < 4.78 is 1.31. The quantitative estimate of drug-likeness (QED) is 0.564. The van der Waals surface area contributed by atoms with Gasteiger partial charge in [0.05, 0.1) is 0 Å². The van der Waals surface area contributed by atoms with Crippen molar-refractivity contribution in [2.45, 2.75) is 39.8 Å². The van der Waals surface area contributed by atoms with Crippen molar-refractivity contribution in [1.29, 1.82) is 0 Å². The molecule has 1 amide bonds. The van der Waals surface area contributed by atoms with Gasteiger partial charge in [0.2, 0.25) is 11.7 Å². The van der Waals surface area contributed by atoms with Gasteiger partial charge in [-0.3, -0.25) is 9.36 Å². The van der Waals surface area contributed by atoms with E-state index in [2.05, 4.69) is 10.3 Å². The molecule has 1 rings (SSSR count). The molecule has 9 heteroatoms. The fraction of sp³-hybridized carbons (Fsp3) is 0.583. The third-order valence-electron chi connectivity index (χ3n) is 3.26. The minimum Gasteiger partial charge on any atom is -0.480 e. The Balaban J connectivity index is 2.77. The molecule has 1 aromatic heterocycles. The third kappa shape index (κ3) is 4.26. The lowest BCUT2D eigenvalue weighted by atomic mass is 9.99. The molecule has 0 aliphatic rings. The van der Waals surface area contributed by atoms with Crippen LogP contribution in [0.25, 0.3) is 0 Å². The van der Waals surface area contributed by atoms with Crippen molar-refractivity contribution in [2.24, 2.45) is 5.92 Å². The van der Waals surface area contributed by atoms with Gasteiger partial charge in [-0.1, -0.05) is 20.3 Å². The number of hydrogen-bond donors (Lipinski definition) is 2. The molecule has 0 spiro atoms. The van der Waals surface area contributed by atoms with Crippen LogP contribution < -0.4 is 5.32 Å². The number of aliphatic carboxylic acids is 1. The Labute approximate surface area is 121 Å². The molecule has 0 saturated carbocycles. The Morgan fingerprint density at radius 3 is 2.62 bits per heavy atom. The highest BCUT2D eigenvalue weighted by Crippen LogP contribution is 2.11. The lowest BCUT2D eigenvalue weighted by molar-refractivity contribution is -0.389. The second-order valence-corrected chi connectivity index (χ2v) is 4.80. The van der Waals surface area contributed by atoms with E-state index in [9.17, 15) is 19.7 Å². The molecule has 2 N–H and O–H groups in total. The van der Waals surface area contributed by atoms with Gasteiger partial charge in [-0.15, -0.1) is 0 Å². The van der Waals surface area contributed by atoms with Gasteiger partial charge >= 0.3 is 11.8 Å². The predicted molar refractivity (Wildman–Crippen MR) is 72.6 cm³/mol. The Bertz CT molecular complexity index is 554. The molecule has 1 heterocycles. The second kappa shape index (κ2) is 6.82. The van der Waals surface area contributed by atoms with E-state index in [0.29, 0.717) is 12.2 Å². The summed E-state index contributed by atoms with van der Waals surface area (Å²) in [7, 11) is 0. The number of amides is 1. The molecule has 0 radical (unpaired) electrons. The molecule has 2 unspecified atom stereocenters. The number of aryl methyl sites for hydroxylation is 1. The highest BCUT2D eigenvalue weighted by Gasteiger charge is 2.26. The van der Waals surface area contributed by atoms with Gasteiger partial charge in [0.15, 0.2) is 0 Å². The first-order chi connectivity index (χ1) is 9.76. The number of hydrogen-bond acceptors (Lipinski definition) is 5. The number of carbonyl (C=O) groups excluding carboxylic acids is 1. The van der Waals surface area contributed by atoms with E-state index in [1.165, 1.54) is 11.5 Å². The SMILES string of the molecule is CCC(C)C(NC(=O)Cn1cc([N+](=O)[O-])nc1C)C(=O)O. The van der Waals surface area contributed by atoms with Gasteiger partial charge in [0.25, 0.3) is 0 Å². The number of nitro groups is 1. The maximum Gasteiger partial charge on any atom is 0.381 e. The van der Waals surface area contributed by atoms with Crippen molar-refractivity contribution < 1.29 is 19.6 Å². The first kappa shape index (κ1) is 16.6. The summed E-state index contributed by atoms with van der Waals surface area (Å²) in [4.78, 5) is 36.7. The Kier molecular flexibility index (Phi) is 5.39. The van der Waals surface area contributed by atoms with Crippen LogP contribution in [0.5, 0.6) is 0 Å². The number of nitrogens with one attached hydrogen (secondary N) is 1. The lowest BCUT2D eigenvalue weighted by Crippen LogP contribution is -2.46. The van der Waals surface area contributed by atoms with E-state index in [4.69, 9.17) is 5.11 Å². The normalized spacial score (nSPS) is 13.5. The van der Waals surface area contributed by atoms with E-state index in [1.807, 2.05) is 6.92 Å². The molecule has 2 atom stereocenters. The minimum absolute atomic E-state index is 0.215. The first-order valence-electron chi connectivity index (χ1n) is 6.46. The summed E-state index contributed by atoms with van der Waals surface area (Å²) in [6.45, 7) is 4.87. The van der Waals surface area contributed by atoms with Crippen molar-refractivity contribution in [3.63, 3.8) is 0 Å². The van der Waals surface area contributed by atoms with Gasteiger partial charge in [0, 0.05) is 6.92 Å². The minimum atomic E-state index is -1.11. The number of carboxylic acids is 1. The number of nitrogens with zero attached hydrogens (tertiary/aromatic N) is 3. The van der Waals surface area contributed by atoms with Crippen molar-refractivity contribution in [2.75, 3.05) is 0 Å².